The van der Waals surface area contributed by atoms with Crippen molar-refractivity contribution in [3.05, 3.63) is 60.2 Å². The van der Waals surface area contributed by atoms with Gasteiger partial charge in [-0.1, -0.05) is 42.1 Å². The van der Waals surface area contributed by atoms with Crippen LogP contribution < -0.4 is 16.2 Å². The number of thioether (sulfide) groups is 1. The maximum absolute atomic E-state index is 11.9. The van der Waals surface area contributed by atoms with Crippen LogP contribution in [0, 0.1) is 0 Å². The zero-order valence-corrected chi connectivity index (χ0v) is 12.9. The van der Waals surface area contributed by atoms with Crippen LogP contribution in [0.3, 0.4) is 0 Å². The van der Waals surface area contributed by atoms with Crippen molar-refractivity contribution in [1.29, 1.82) is 0 Å². The van der Waals surface area contributed by atoms with Gasteiger partial charge < -0.3 is 5.32 Å². The Kier molecular flexibility index (Phi) is 6.19. The van der Waals surface area contributed by atoms with Gasteiger partial charge in [0.25, 0.3) is 0 Å². The van der Waals surface area contributed by atoms with Gasteiger partial charge in [0, 0.05) is 11.3 Å². The zero-order valence-electron chi connectivity index (χ0n) is 12.1. The van der Waals surface area contributed by atoms with E-state index in [4.69, 9.17) is 0 Å². The number of hydrogen-bond acceptors (Lipinski definition) is 5. The second-order valence-corrected chi connectivity index (χ2v) is 5.40. The number of anilines is 2. The smallest absolute Gasteiger partial charge is 0.234 e. The van der Waals surface area contributed by atoms with Crippen LogP contribution in [0.25, 0.3) is 0 Å². The summed E-state index contributed by atoms with van der Waals surface area (Å²) in [6.07, 6.45) is 0.524. The summed E-state index contributed by atoms with van der Waals surface area (Å²) in [5.41, 5.74) is 6.84. The van der Waals surface area contributed by atoms with Gasteiger partial charge in [-0.3, -0.25) is 25.2 Å². The number of benzene rings is 2. The van der Waals surface area contributed by atoms with Gasteiger partial charge in [-0.05, 0) is 24.3 Å². The number of rotatable bonds is 7. The molecule has 118 valence electrons. The average molecular weight is 329 g/mol. The molecule has 0 aliphatic rings. The number of nitrogens with one attached hydrogen (secondary N) is 3. The summed E-state index contributed by atoms with van der Waals surface area (Å²) < 4.78 is 0. The molecule has 2 aromatic carbocycles. The third kappa shape index (κ3) is 5.48. The lowest BCUT2D eigenvalue weighted by molar-refractivity contribution is -0.113. The van der Waals surface area contributed by atoms with E-state index in [-0.39, 0.29) is 16.8 Å². The molecule has 0 aromatic heterocycles. The lowest BCUT2D eigenvalue weighted by atomic mass is 10.2. The molecular formula is C16H15N3O3S. The quantitative estimate of drug-likeness (QED) is 0.536. The molecule has 0 aliphatic carbocycles. The van der Waals surface area contributed by atoms with Crippen LogP contribution in [0.5, 0.6) is 0 Å². The van der Waals surface area contributed by atoms with E-state index in [1.807, 2.05) is 6.07 Å². The average Bonchev–Trinajstić information content (AvgIpc) is 2.60. The SMILES string of the molecule is O=CNNc1ccc(NC(=O)CSC(=O)c2ccccc2)cc1. The Bertz CT molecular complexity index is 675. The molecule has 0 atom stereocenters. The highest BCUT2D eigenvalue weighted by molar-refractivity contribution is 8.14. The minimum atomic E-state index is -0.258. The van der Waals surface area contributed by atoms with E-state index in [0.717, 1.165) is 11.8 Å². The summed E-state index contributed by atoms with van der Waals surface area (Å²) in [4.78, 5) is 33.9. The van der Waals surface area contributed by atoms with Crippen molar-refractivity contribution in [1.82, 2.24) is 5.43 Å². The lowest BCUT2D eigenvalue weighted by Crippen LogP contribution is -2.19. The van der Waals surface area contributed by atoms with Crippen molar-refractivity contribution in [3.8, 4) is 0 Å². The van der Waals surface area contributed by atoms with Crippen molar-refractivity contribution < 1.29 is 14.4 Å². The van der Waals surface area contributed by atoms with Gasteiger partial charge in [0.2, 0.25) is 17.4 Å². The molecule has 2 rings (SSSR count). The van der Waals surface area contributed by atoms with E-state index in [1.54, 1.807) is 48.5 Å². The first-order chi connectivity index (χ1) is 11.2. The fraction of sp³-hybridized carbons (Fsp3) is 0.0625. The van der Waals surface area contributed by atoms with Crippen LogP contribution in [-0.4, -0.2) is 23.2 Å². The number of carbonyl (C=O) groups excluding carboxylic acids is 3. The summed E-state index contributed by atoms with van der Waals surface area (Å²) in [7, 11) is 0. The first-order valence-corrected chi connectivity index (χ1v) is 7.75. The van der Waals surface area contributed by atoms with Crippen LogP contribution in [-0.2, 0) is 9.59 Å². The van der Waals surface area contributed by atoms with E-state index in [9.17, 15) is 14.4 Å². The van der Waals surface area contributed by atoms with Crippen LogP contribution >= 0.6 is 11.8 Å². The van der Waals surface area contributed by atoms with E-state index < -0.39 is 0 Å². The van der Waals surface area contributed by atoms with Crippen LogP contribution in [0.2, 0.25) is 0 Å². The largest absolute Gasteiger partial charge is 0.325 e. The number of hydrazine groups is 1. The third-order valence-electron chi connectivity index (χ3n) is 2.79. The third-order valence-corrected chi connectivity index (χ3v) is 3.69. The summed E-state index contributed by atoms with van der Waals surface area (Å²) >= 11 is 0.959. The maximum atomic E-state index is 11.9. The van der Waals surface area contributed by atoms with Crippen molar-refractivity contribution in [2.24, 2.45) is 0 Å². The van der Waals surface area contributed by atoms with Gasteiger partial charge in [-0.2, -0.15) is 0 Å². The molecule has 0 radical (unpaired) electrons. The summed E-state index contributed by atoms with van der Waals surface area (Å²) in [5, 5.41) is 2.56. The number of amides is 2. The highest BCUT2D eigenvalue weighted by Crippen LogP contribution is 2.15. The van der Waals surface area contributed by atoms with Gasteiger partial charge in [-0.25, -0.2) is 0 Å². The highest BCUT2D eigenvalue weighted by atomic mass is 32.2. The Hall–Kier alpha value is -2.80. The zero-order chi connectivity index (χ0) is 16.5. The molecule has 23 heavy (non-hydrogen) atoms. The fourth-order valence-corrected chi connectivity index (χ4v) is 2.37. The van der Waals surface area contributed by atoms with Crippen molar-refractivity contribution >= 4 is 40.6 Å². The summed E-state index contributed by atoms with van der Waals surface area (Å²) in [6.45, 7) is 0. The molecule has 0 saturated heterocycles. The minimum Gasteiger partial charge on any atom is -0.325 e. The van der Waals surface area contributed by atoms with Gasteiger partial charge in [0.15, 0.2) is 0 Å². The molecule has 0 heterocycles. The normalized spacial score (nSPS) is 9.74. The fourth-order valence-electron chi connectivity index (χ4n) is 1.74. The predicted octanol–water partition coefficient (Wildman–Crippen LogP) is 2.27. The van der Waals surface area contributed by atoms with Crippen LogP contribution in [0.4, 0.5) is 11.4 Å². The Morgan fingerprint density at radius 1 is 0.957 bits per heavy atom. The molecule has 3 N–H and O–H groups in total. The molecule has 2 aromatic rings. The van der Waals surface area contributed by atoms with E-state index in [1.165, 1.54) is 0 Å². The highest BCUT2D eigenvalue weighted by Gasteiger charge is 2.09. The van der Waals surface area contributed by atoms with Crippen molar-refractivity contribution in [2.45, 2.75) is 0 Å². The molecule has 6 nitrogen and oxygen atoms in total. The predicted molar refractivity (Wildman–Crippen MR) is 91.1 cm³/mol. The monoisotopic (exact) mass is 329 g/mol. The molecule has 0 fully saturated rings. The van der Waals surface area contributed by atoms with E-state index in [0.29, 0.717) is 23.3 Å². The Morgan fingerprint density at radius 2 is 1.61 bits per heavy atom. The second kappa shape index (κ2) is 8.60. The molecule has 2 amide bonds. The minimum absolute atomic E-state index is 0.0421. The van der Waals surface area contributed by atoms with E-state index >= 15 is 0 Å². The van der Waals surface area contributed by atoms with Crippen molar-refractivity contribution in [3.63, 3.8) is 0 Å². The number of hydrogen-bond donors (Lipinski definition) is 3. The maximum Gasteiger partial charge on any atom is 0.234 e. The standard InChI is InChI=1S/C16H15N3O3S/c20-11-17-19-14-8-6-13(7-9-14)18-15(21)10-23-16(22)12-4-2-1-3-5-12/h1-9,11,19H,10H2,(H,17,20)(H,18,21). The molecule has 0 bridgehead atoms. The Balaban J connectivity index is 1.80. The lowest BCUT2D eigenvalue weighted by Gasteiger charge is -2.07. The van der Waals surface area contributed by atoms with Gasteiger partial charge in [-0.15, -0.1) is 0 Å². The van der Waals surface area contributed by atoms with Gasteiger partial charge in [0.05, 0.1) is 11.4 Å². The van der Waals surface area contributed by atoms with Gasteiger partial charge >= 0.3 is 0 Å². The first-order valence-electron chi connectivity index (χ1n) is 6.76. The molecule has 0 unspecified atom stereocenters. The number of carbonyl (C=O) groups is 3. The molecule has 7 heteroatoms. The first kappa shape index (κ1) is 16.6. The second-order valence-electron chi connectivity index (χ2n) is 4.45. The van der Waals surface area contributed by atoms with E-state index in [2.05, 4.69) is 16.2 Å². The topological polar surface area (TPSA) is 87.3 Å². The molecule has 0 spiro atoms. The Morgan fingerprint density at radius 3 is 2.26 bits per heavy atom. The molecule has 0 saturated carbocycles. The summed E-state index contributed by atoms with van der Waals surface area (Å²) in [5.74, 6) is -0.216. The van der Waals surface area contributed by atoms with Gasteiger partial charge in [0.1, 0.15) is 0 Å². The summed E-state index contributed by atoms with van der Waals surface area (Å²) in [6, 6.07) is 15.6. The van der Waals surface area contributed by atoms with Crippen LogP contribution in [0.1, 0.15) is 10.4 Å². The molecule has 0 aliphatic heterocycles. The Labute approximate surface area is 137 Å². The van der Waals surface area contributed by atoms with Crippen LogP contribution in [0.15, 0.2) is 54.6 Å². The molecular weight excluding hydrogens is 314 g/mol. The van der Waals surface area contributed by atoms with Crippen molar-refractivity contribution in [2.75, 3.05) is 16.5 Å².